The first-order chi connectivity index (χ1) is 8.18. The predicted molar refractivity (Wildman–Crippen MR) is 72.9 cm³/mol. The van der Waals surface area contributed by atoms with Gasteiger partial charge in [-0.1, -0.05) is 30.3 Å². The van der Waals surface area contributed by atoms with Gasteiger partial charge in [-0.15, -0.1) is 0 Å². The lowest BCUT2D eigenvalue weighted by atomic mass is 10.2. The van der Waals surface area contributed by atoms with Gasteiger partial charge in [0.2, 0.25) is 0 Å². The van der Waals surface area contributed by atoms with E-state index in [-0.39, 0.29) is 0 Å². The van der Waals surface area contributed by atoms with Gasteiger partial charge in [0.25, 0.3) is 0 Å². The summed E-state index contributed by atoms with van der Waals surface area (Å²) in [5, 5.41) is 3.11. The van der Waals surface area contributed by atoms with Crippen molar-refractivity contribution in [1.82, 2.24) is 10.2 Å². The van der Waals surface area contributed by atoms with Gasteiger partial charge in [-0.3, -0.25) is 0 Å². The van der Waals surface area contributed by atoms with Crippen LogP contribution in [0, 0.1) is 0 Å². The van der Waals surface area contributed by atoms with Crippen molar-refractivity contribution >= 4 is 5.96 Å². The average Bonchev–Trinajstić information content (AvgIpc) is 2.33. The standard InChI is InChI=1S/C13H22N4/c1-17(2)10-6-9-15-13(14)16-11-12-7-4-3-5-8-12/h3-5,7-8H,6,9-11H2,1-2H3,(H3,14,15,16). The number of guanidine groups is 1. The summed E-state index contributed by atoms with van der Waals surface area (Å²) in [6.45, 7) is 2.55. The van der Waals surface area contributed by atoms with Gasteiger partial charge in [-0.25, -0.2) is 4.99 Å². The zero-order valence-corrected chi connectivity index (χ0v) is 10.7. The molecule has 94 valence electrons. The number of aliphatic imine (C=N–C) groups is 1. The number of benzene rings is 1. The molecule has 0 atom stereocenters. The summed E-state index contributed by atoms with van der Waals surface area (Å²) in [7, 11) is 4.12. The lowest BCUT2D eigenvalue weighted by Crippen LogP contribution is -2.33. The van der Waals surface area contributed by atoms with Gasteiger partial charge >= 0.3 is 0 Å². The van der Waals surface area contributed by atoms with Crippen molar-refractivity contribution in [3.05, 3.63) is 35.9 Å². The summed E-state index contributed by atoms with van der Waals surface area (Å²) in [6, 6.07) is 10.1. The zero-order chi connectivity index (χ0) is 12.5. The Labute approximate surface area is 104 Å². The van der Waals surface area contributed by atoms with E-state index < -0.39 is 0 Å². The van der Waals surface area contributed by atoms with Gasteiger partial charge < -0.3 is 16.0 Å². The zero-order valence-electron chi connectivity index (χ0n) is 10.7. The number of nitrogens with two attached hydrogens (primary N) is 1. The molecule has 0 fully saturated rings. The van der Waals surface area contributed by atoms with Crippen molar-refractivity contribution in [2.24, 2.45) is 10.7 Å². The van der Waals surface area contributed by atoms with Gasteiger partial charge in [0.1, 0.15) is 0 Å². The molecule has 0 bridgehead atoms. The minimum Gasteiger partial charge on any atom is -0.370 e. The Hall–Kier alpha value is -1.55. The van der Waals surface area contributed by atoms with Crippen LogP contribution in [-0.4, -0.2) is 38.0 Å². The van der Waals surface area contributed by atoms with Gasteiger partial charge in [0.05, 0.1) is 6.54 Å². The van der Waals surface area contributed by atoms with E-state index in [9.17, 15) is 0 Å². The Balaban J connectivity index is 2.21. The van der Waals surface area contributed by atoms with Gasteiger partial charge in [0.15, 0.2) is 5.96 Å². The highest BCUT2D eigenvalue weighted by molar-refractivity contribution is 5.77. The molecule has 0 aliphatic carbocycles. The monoisotopic (exact) mass is 234 g/mol. The van der Waals surface area contributed by atoms with E-state index in [1.54, 1.807) is 0 Å². The van der Waals surface area contributed by atoms with Crippen LogP contribution in [0.25, 0.3) is 0 Å². The van der Waals surface area contributed by atoms with E-state index >= 15 is 0 Å². The van der Waals surface area contributed by atoms with E-state index in [0.717, 1.165) is 19.5 Å². The molecule has 1 rings (SSSR count). The van der Waals surface area contributed by atoms with Crippen LogP contribution < -0.4 is 11.1 Å². The molecule has 0 aliphatic rings. The smallest absolute Gasteiger partial charge is 0.188 e. The first kappa shape index (κ1) is 13.5. The molecule has 4 nitrogen and oxygen atoms in total. The third kappa shape index (κ3) is 6.58. The summed E-state index contributed by atoms with van der Waals surface area (Å²) < 4.78 is 0. The lowest BCUT2D eigenvalue weighted by Gasteiger charge is -2.10. The topological polar surface area (TPSA) is 53.6 Å². The molecule has 0 aliphatic heterocycles. The molecule has 0 radical (unpaired) electrons. The molecule has 0 unspecified atom stereocenters. The largest absolute Gasteiger partial charge is 0.370 e. The lowest BCUT2D eigenvalue weighted by molar-refractivity contribution is 0.400. The van der Waals surface area contributed by atoms with Crippen molar-refractivity contribution in [2.75, 3.05) is 27.2 Å². The first-order valence-electron chi connectivity index (χ1n) is 5.91. The van der Waals surface area contributed by atoms with Crippen molar-refractivity contribution in [1.29, 1.82) is 0 Å². The van der Waals surface area contributed by atoms with E-state index in [0.29, 0.717) is 12.5 Å². The number of nitrogens with one attached hydrogen (secondary N) is 1. The fraction of sp³-hybridized carbons (Fsp3) is 0.462. The van der Waals surface area contributed by atoms with Crippen LogP contribution in [0.1, 0.15) is 12.0 Å². The van der Waals surface area contributed by atoms with Crippen molar-refractivity contribution < 1.29 is 0 Å². The second-order valence-electron chi connectivity index (χ2n) is 4.27. The summed E-state index contributed by atoms with van der Waals surface area (Å²) >= 11 is 0. The maximum atomic E-state index is 5.76. The van der Waals surface area contributed by atoms with Crippen molar-refractivity contribution in [2.45, 2.75) is 13.0 Å². The summed E-state index contributed by atoms with van der Waals surface area (Å²) in [5.74, 6) is 0.521. The number of hydrogen-bond acceptors (Lipinski definition) is 2. The molecule has 3 N–H and O–H groups in total. The van der Waals surface area contributed by atoms with Crippen LogP contribution in [-0.2, 0) is 6.54 Å². The van der Waals surface area contributed by atoms with Gasteiger partial charge in [-0.2, -0.15) is 0 Å². The van der Waals surface area contributed by atoms with Crippen LogP contribution in [0.2, 0.25) is 0 Å². The Morgan fingerprint density at radius 3 is 2.65 bits per heavy atom. The first-order valence-corrected chi connectivity index (χ1v) is 5.91. The molecule has 0 aromatic heterocycles. The van der Waals surface area contributed by atoms with E-state index in [2.05, 4.69) is 29.3 Å². The van der Waals surface area contributed by atoms with E-state index in [1.165, 1.54) is 5.56 Å². The molecule has 4 heteroatoms. The molecule has 1 aromatic carbocycles. The Morgan fingerprint density at radius 2 is 2.00 bits per heavy atom. The number of rotatable bonds is 6. The molecule has 0 heterocycles. The minimum atomic E-state index is 0.521. The van der Waals surface area contributed by atoms with E-state index in [1.807, 2.05) is 30.3 Å². The molecule has 17 heavy (non-hydrogen) atoms. The maximum absolute atomic E-state index is 5.76. The van der Waals surface area contributed by atoms with Crippen LogP contribution in [0.15, 0.2) is 35.3 Å². The fourth-order valence-corrected chi connectivity index (χ4v) is 1.43. The highest BCUT2D eigenvalue weighted by Crippen LogP contribution is 1.99. The average molecular weight is 234 g/mol. The van der Waals surface area contributed by atoms with Crippen LogP contribution in [0.5, 0.6) is 0 Å². The third-order valence-electron chi connectivity index (χ3n) is 2.36. The SMILES string of the molecule is CN(C)CCCNC(N)=NCc1ccccc1. The van der Waals surface area contributed by atoms with Gasteiger partial charge in [0, 0.05) is 6.54 Å². The predicted octanol–water partition coefficient (Wildman–Crippen LogP) is 1.04. The Kier molecular flexibility index (Phi) is 6.10. The van der Waals surface area contributed by atoms with Crippen LogP contribution >= 0.6 is 0 Å². The maximum Gasteiger partial charge on any atom is 0.188 e. The molecular formula is C13H22N4. The fourth-order valence-electron chi connectivity index (χ4n) is 1.43. The quantitative estimate of drug-likeness (QED) is 0.439. The Morgan fingerprint density at radius 1 is 1.29 bits per heavy atom. The molecule has 1 aromatic rings. The highest BCUT2D eigenvalue weighted by Gasteiger charge is 1.93. The summed E-state index contributed by atoms with van der Waals surface area (Å²) in [6.07, 6.45) is 1.06. The number of nitrogens with zero attached hydrogens (tertiary/aromatic N) is 2. The van der Waals surface area contributed by atoms with Crippen LogP contribution in [0.3, 0.4) is 0 Å². The van der Waals surface area contributed by atoms with Crippen molar-refractivity contribution in [3.8, 4) is 0 Å². The molecular weight excluding hydrogens is 212 g/mol. The normalized spacial score (nSPS) is 11.8. The second kappa shape index (κ2) is 7.68. The van der Waals surface area contributed by atoms with Crippen LogP contribution in [0.4, 0.5) is 0 Å². The van der Waals surface area contributed by atoms with E-state index in [4.69, 9.17) is 5.73 Å². The Bertz CT molecular complexity index is 333. The van der Waals surface area contributed by atoms with Gasteiger partial charge in [-0.05, 0) is 32.6 Å². The third-order valence-corrected chi connectivity index (χ3v) is 2.36. The summed E-state index contributed by atoms with van der Waals surface area (Å²) in [4.78, 5) is 6.43. The second-order valence-corrected chi connectivity index (χ2v) is 4.27. The minimum absolute atomic E-state index is 0.521. The highest BCUT2D eigenvalue weighted by atomic mass is 15.1. The molecule has 0 saturated heterocycles. The molecule has 0 spiro atoms. The summed E-state index contributed by atoms with van der Waals surface area (Å²) in [5.41, 5.74) is 6.94. The molecule has 0 saturated carbocycles. The van der Waals surface area contributed by atoms with Crippen molar-refractivity contribution in [3.63, 3.8) is 0 Å². The number of hydrogen-bond donors (Lipinski definition) is 2. The molecule has 0 amide bonds.